The van der Waals surface area contributed by atoms with Crippen molar-refractivity contribution in [1.82, 2.24) is 0 Å². The summed E-state index contributed by atoms with van der Waals surface area (Å²) in [7, 11) is -0.218. The number of aliphatic hydroxyl groups is 1. The molecule has 0 spiro atoms. The third-order valence-electron chi connectivity index (χ3n) is 1.24. The topological polar surface area (TPSA) is 29.5 Å². The summed E-state index contributed by atoms with van der Waals surface area (Å²) >= 11 is 1.83. The highest BCUT2D eigenvalue weighted by Crippen LogP contribution is 2.51. The third-order valence-corrected chi connectivity index (χ3v) is 4.59. The molecule has 0 aromatic rings. The molecular weight excluding hydrogens is 155 g/mol. The molecule has 0 amide bonds. The van der Waals surface area contributed by atoms with E-state index in [9.17, 15) is 0 Å². The summed E-state index contributed by atoms with van der Waals surface area (Å²) in [6, 6.07) is 0. The second-order valence-corrected chi connectivity index (χ2v) is 6.13. The first-order chi connectivity index (χ1) is 4.33. The van der Waals surface area contributed by atoms with Crippen LogP contribution in [0.4, 0.5) is 0 Å². The van der Waals surface area contributed by atoms with Crippen molar-refractivity contribution < 1.29 is 9.63 Å². The minimum Gasteiger partial charge on any atom is -0.396 e. The Balaban J connectivity index is 2.18. The van der Waals surface area contributed by atoms with Gasteiger partial charge in [0.2, 0.25) is 0 Å². The van der Waals surface area contributed by atoms with Gasteiger partial charge in [0.05, 0.1) is 14.0 Å². The molecule has 1 fully saturated rings. The van der Waals surface area contributed by atoms with Crippen molar-refractivity contribution in [2.45, 2.75) is 0 Å². The lowest BCUT2D eigenvalue weighted by Gasteiger charge is -2.23. The maximum Gasteiger partial charge on any atom is 0.0855 e. The van der Waals surface area contributed by atoms with Crippen molar-refractivity contribution in [3.63, 3.8) is 0 Å². The van der Waals surface area contributed by atoms with Gasteiger partial charge in [-0.1, -0.05) is 0 Å². The van der Waals surface area contributed by atoms with Crippen LogP contribution in [0.1, 0.15) is 0 Å². The average molecular weight is 166 g/mol. The summed E-state index contributed by atoms with van der Waals surface area (Å²) in [5.74, 6) is 1.45. The van der Waals surface area contributed by atoms with Crippen LogP contribution in [-0.2, 0) is 4.52 Å². The Kier molecular flexibility index (Phi) is 3.27. The highest BCUT2D eigenvalue weighted by molar-refractivity contribution is 8.54. The van der Waals surface area contributed by atoms with Gasteiger partial charge in [0.1, 0.15) is 0 Å². The molecule has 1 N–H and O–H groups in total. The van der Waals surface area contributed by atoms with Gasteiger partial charge in [0.15, 0.2) is 0 Å². The number of rotatable bonds is 1. The zero-order valence-electron chi connectivity index (χ0n) is 5.41. The molecule has 1 rings (SSSR count). The summed E-state index contributed by atoms with van der Waals surface area (Å²) in [6.07, 6.45) is 0. The predicted molar refractivity (Wildman–Crippen MR) is 41.8 cm³/mol. The van der Waals surface area contributed by atoms with Crippen LogP contribution in [0.25, 0.3) is 0 Å². The molecule has 9 heavy (non-hydrogen) atoms. The fraction of sp³-hybridized carbons (Fsp3) is 1.00. The number of aliphatic hydroxyl groups excluding tert-OH is 1. The Morgan fingerprint density at radius 2 is 2.67 bits per heavy atom. The van der Waals surface area contributed by atoms with Crippen LogP contribution in [0.15, 0.2) is 0 Å². The van der Waals surface area contributed by atoms with Crippen molar-refractivity contribution in [2.75, 3.05) is 25.6 Å². The van der Waals surface area contributed by atoms with Gasteiger partial charge in [-0.2, -0.15) is 0 Å². The van der Waals surface area contributed by atoms with Crippen LogP contribution >= 0.6 is 18.7 Å². The first-order valence-corrected chi connectivity index (χ1v) is 6.23. The van der Waals surface area contributed by atoms with Crippen LogP contribution < -0.4 is 0 Å². The molecule has 0 saturated carbocycles. The lowest BCUT2D eigenvalue weighted by atomic mass is 10.2. The summed E-state index contributed by atoms with van der Waals surface area (Å²) < 4.78 is 5.35. The first kappa shape index (κ1) is 7.80. The molecule has 2 nitrogen and oxygen atoms in total. The van der Waals surface area contributed by atoms with Gasteiger partial charge < -0.3 is 9.63 Å². The maximum absolute atomic E-state index is 8.69. The van der Waals surface area contributed by atoms with Gasteiger partial charge in [-0.05, 0) is 6.66 Å². The number of hydrogen-bond acceptors (Lipinski definition) is 3. The van der Waals surface area contributed by atoms with E-state index >= 15 is 0 Å². The van der Waals surface area contributed by atoms with E-state index < -0.39 is 0 Å². The smallest absolute Gasteiger partial charge is 0.0855 e. The van der Waals surface area contributed by atoms with Crippen molar-refractivity contribution in [2.24, 2.45) is 5.92 Å². The van der Waals surface area contributed by atoms with E-state index in [1.807, 2.05) is 11.4 Å². The molecule has 1 aliphatic rings. The van der Waals surface area contributed by atoms with Crippen LogP contribution in [0.5, 0.6) is 0 Å². The Bertz CT molecular complexity index is 83.0. The van der Waals surface area contributed by atoms with E-state index in [0.717, 1.165) is 12.4 Å². The molecule has 0 radical (unpaired) electrons. The van der Waals surface area contributed by atoms with Crippen LogP contribution in [-0.4, -0.2) is 30.7 Å². The van der Waals surface area contributed by atoms with E-state index in [-0.39, 0.29) is 14.0 Å². The molecule has 2 unspecified atom stereocenters. The fourth-order valence-corrected chi connectivity index (χ4v) is 3.40. The van der Waals surface area contributed by atoms with E-state index in [2.05, 4.69) is 6.66 Å². The molecule has 54 valence electrons. The zero-order valence-corrected chi connectivity index (χ0v) is 7.12. The molecular formula is C5H11O2PS. The predicted octanol–water partition coefficient (Wildman–Crippen LogP) is 1.30. The molecule has 1 saturated heterocycles. The largest absolute Gasteiger partial charge is 0.396 e. The summed E-state index contributed by atoms with van der Waals surface area (Å²) in [4.78, 5) is 0. The van der Waals surface area contributed by atoms with Gasteiger partial charge in [-0.3, -0.25) is 0 Å². The summed E-state index contributed by atoms with van der Waals surface area (Å²) in [5.41, 5.74) is 0. The second-order valence-electron chi connectivity index (χ2n) is 2.08. The molecule has 0 aromatic carbocycles. The Morgan fingerprint density at radius 1 is 1.89 bits per heavy atom. The number of hydrogen-bond donors (Lipinski definition) is 1. The van der Waals surface area contributed by atoms with Crippen molar-refractivity contribution in [1.29, 1.82) is 0 Å². The Hall–Kier alpha value is 0.700. The average Bonchev–Trinajstić information content (AvgIpc) is 1.90. The molecule has 0 aromatic heterocycles. The Morgan fingerprint density at radius 3 is 3.11 bits per heavy atom. The molecule has 4 heteroatoms. The summed E-state index contributed by atoms with van der Waals surface area (Å²) in [5, 5.41) is 8.69. The van der Waals surface area contributed by atoms with Gasteiger partial charge >= 0.3 is 0 Å². The van der Waals surface area contributed by atoms with Crippen molar-refractivity contribution >= 4 is 18.7 Å². The van der Waals surface area contributed by atoms with Crippen molar-refractivity contribution in [3.05, 3.63) is 0 Å². The van der Waals surface area contributed by atoms with Crippen LogP contribution in [0.2, 0.25) is 0 Å². The highest BCUT2D eigenvalue weighted by Gasteiger charge is 2.17. The van der Waals surface area contributed by atoms with Gasteiger partial charge in [0, 0.05) is 18.3 Å². The third kappa shape index (κ3) is 2.42. The van der Waals surface area contributed by atoms with E-state index in [4.69, 9.17) is 9.63 Å². The quantitative estimate of drug-likeness (QED) is 0.595. The Labute approximate surface area is 60.6 Å². The molecule has 1 heterocycles. The minimum absolute atomic E-state index is 0.218. The SMILES string of the molecule is CP1OCC(CO)CS1. The second kappa shape index (κ2) is 3.77. The van der Waals surface area contributed by atoms with Crippen LogP contribution in [0, 0.1) is 5.92 Å². The van der Waals surface area contributed by atoms with Gasteiger partial charge in [-0.25, -0.2) is 0 Å². The zero-order chi connectivity index (χ0) is 6.69. The van der Waals surface area contributed by atoms with Crippen molar-refractivity contribution in [3.8, 4) is 0 Å². The fourth-order valence-electron chi connectivity index (χ4n) is 0.612. The normalized spacial score (nSPS) is 36.7. The summed E-state index contributed by atoms with van der Waals surface area (Å²) in [6.45, 7) is 3.13. The van der Waals surface area contributed by atoms with Crippen LogP contribution in [0.3, 0.4) is 0 Å². The molecule has 1 aliphatic heterocycles. The minimum atomic E-state index is -0.218. The molecule has 2 atom stereocenters. The highest BCUT2D eigenvalue weighted by atomic mass is 32.7. The first-order valence-electron chi connectivity index (χ1n) is 2.93. The van der Waals surface area contributed by atoms with E-state index in [0.29, 0.717) is 5.92 Å². The van der Waals surface area contributed by atoms with E-state index in [1.54, 1.807) is 0 Å². The lowest BCUT2D eigenvalue weighted by Crippen LogP contribution is -2.17. The molecule has 0 bridgehead atoms. The van der Waals surface area contributed by atoms with E-state index in [1.165, 1.54) is 0 Å². The standard InChI is InChI=1S/C5H11O2PS/c1-8-7-3-5(2-6)4-9-8/h5-6H,2-4H2,1H3. The lowest BCUT2D eigenvalue weighted by molar-refractivity contribution is 0.185. The van der Waals surface area contributed by atoms with Gasteiger partial charge in [-0.15, -0.1) is 11.4 Å². The maximum atomic E-state index is 8.69. The monoisotopic (exact) mass is 166 g/mol. The van der Waals surface area contributed by atoms with Gasteiger partial charge in [0.25, 0.3) is 0 Å². The molecule has 0 aliphatic carbocycles.